The van der Waals surface area contributed by atoms with Crippen LogP contribution in [0.15, 0.2) is 42.5 Å². The topological polar surface area (TPSA) is 91.8 Å². The Kier molecular flexibility index (Phi) is 4.58. The number of sulfone groups is 1. The molecular weight excluding hydrogens is 354 g/mol. The molecule has 3 rings (SSSR count). The molecule has 0 radical (unpaired) electrons. The van der Waals surface area contributed by atoms with E-state index in [2.05, 4.69) is 0 Å². The third-order valence-electron chi connectivity index (χ3n) is 4.48. The molecule has 136 valence electrons. The summed E-state index contributed by atoms with van der Waals surface area (Å²) in [5, 5.41) is 9.08. The number of nitrogens with zero attached hydrogens (tertiary/aromatic N) is 1. The molecule has 0 bridgehead atoms. The number of carbonyl (C=O) groups excluding carboxylic acids is 1. The van der Waals surface area contributed by atoms with Crippen LogP contribution in [0.1, 0.15) is 39.9 Å². The SMILES string of the molecule is CC(C(=O)O)c1ccc(N2Cc3ccc(CS(C)(=O)=O)cc3C2=O)cc1. The summed E-state index contributed by atoms with van der Waals surface area (Å²) < 4.78 is 22.9. The summed E-state index contributed by atoms with van der Waals surface area (Å²) in [6.07, 6.45) is 1.16. The van der Waals surface area contributed by atoms with Crippen molar-refractivity contribution in [1.29, 1.82) is 0 Å². The number of aliphatic carboxylic acids is 1. The molecule has 0 aromatic heterocycles. The Morgan fingerprint density at radius 1 is 1.19 bits per heavy atom. The number of hydrogen-bond acceptors (Lipinski definition) is 4. The first-order valence-electron chi connectivity index (χ1n) is 8.10. The molecule has 1 atom stereocenters. The first-order valence-corrected chi connectivity index (χ1v) is 10.2. The van der Waals surface area contributed by atoms with E-state index in [1.807, 2.05) is 0 Å². The summed E-state index contributed by atoms with van der Waals surface area (Å²) in [5.41, 5.74) is 3.29. The minimum absolute atomic E-state index is 0.102. The van der Waals surface area contributed by atoms with Gasteiger partial charge >= 0.3 is 5.97 Å². The largest absolute Gasteiger partial charge is 0.481 e. The van der Waals surface area contributed by atoms with E-state index >= 15 is 0 Å². The van der Waals surface area contributed by atoms with Gasteiger partial charge in [-0.25, -0.2) is 8.42 Å². The van der Waals surface area contributed by atoms with Gasteiger partial charge in [0, 0.05) is 17.5 Å². The minimum Gasteiger partial charge on any atom is -0.481 e. The Hall–Kier alpha value is -2.67. The van der Waals surface area contributed by atoms with Crippen molar-refractivity contribution in [1.82, 2.24) is 0 Å². The quantitative estimate of drug-likeness (QED) is 0.870. The van der Waals surface area contributed by atoms with Crippen LogP contribution in [0.25, 0.3) is 0 Å². The van der Waals surface area contributed by atoms with Crippen LogP contribution in [0.5, 0.6) is 0 Å². The Balaban J connectivity index is 1.85. The zero-order chi connectivity index (χ0) is 19.1. The number of rotatable bonds is 5. The average molecular weight is 373 g/mol. The summed E-state index contributed by atoms with van der Waals surface area (Å²) in [6, 6.07) is 12.0. The lowest BCUT2D eigenvalue weighted by Crippen LogP contribution is -2.23. The first-order chi connectivity index (χ1) is 12.2. The van der Waals surface area contributed by atoms with E-state index in [9.17, 15) is 18.0 Å². The minimum atomic E-state index is -3.17. The van der Waals surface area contributed by atoms with Gasteiger partial charge in [-0.05, 0) is 41.8 Å². The number of amides is 1. The standard InChI is InChI=1S/C19H19NO5S/c1-12(19(22)23)14-5-7-16(8-6-14)20-10-15-4-3-13(11-26(2,24)25)9-17(15)18(20)21/h3-9,12H,10-11H2,1-2H3,(H,22,23). The number of carboxylic acids is 1. The molecule has 0 saturated carbocycles. The third kappa shape index (κ3) is 3.62. The Bertz CT molecular complexity index is 979. The van der Waals surface area contributed by atoms with Crippen LogP contribution in [0.4, 0.5) is 5.69 Å². The van der Waals surface area contributed by atoms with Crippen LogP contribution in [0, 0.1) is 0 Å². The van der Waals surface area contributed by atoms with Crippen molar-refractivity contribution in [2.45, 2.75) is 25.1 Å². The van der Waals surface area contributed by atoms with Gasteiger partial charge in [0.1, 0.15) is 0 Å². The molecule has 1 amide bonds. The fraction of sp³-hybridized carbons (Fsp3) is 0.263. The molecule has 6 nitrogen and oxygen atoms in total. The van der Waals surface area contributed by atoms with E-state index in [0.717, 1.165) is 11.8 Å². The predicted octanol–water partition coefficient (Wildman–Crippen LogP) is 2.58. The maximum absolute atomic E-state index is 12.7. The molecule has 7 heteroatoms. The zero-order valence-electron chi connectivity index (χ0n) is 14.5. The molecule has 0 saturated heterocycles. The normalized spacial score (nSPS) is 15.0. The van der Waals surface area contributed by atoms with Gasteiger partial charge in [0.2, 0.25) is 0 Å². The van der Waals surface area contributed by atoms with Crippen LogP contribution in [0.3, 0.4) is 0 Å². The van der Waals surface area contributed by atoms with E-state index in [0.29, 0.717) is 28.9 Å². The van der Waals surface area contributed by atoms with Crippen molar-refractivity contribution in [2.24, 2.45) is 0 Å². The van der Waals surface area contributed by atoms with Crippen molar-refractivity contribution >= 4 is 27.4 Å². The Labute approximate surface area is 152 Å². The molecule has 0 fully saturated rings. The summed E-state index contributed by atoms with van der Waals surface area (Å²) in [5.74, 6) is -1.81. The highest BCUT2D eigenvalue weighted by molar-refractivity contribution is 7.89. The van der Waals surface area contributed by atoms with E-state index in [4.69, 9.17) is 5.11 Å². The molecule has 2 aromatic carbocycles. The molecule has 1 aliphatic rings. The predicted molar refractivity (Wildman–Crippen MR) is 98.0 cm³/mol. The van der Waals surface area contributed by atoms with Gasteiger partial charge in [-0.3, -0.25) is 9.59 Å². The van der Waals surface area contributed by atoms with Crippen LogP contribution in [0.2, 0.25) is 0 Å². The van der Waals surface area contributed by atoms with Crippen LogP contribution < -0.4 is 4.90 Å². The molecule has 26 heavy (non-hydrogen) atoms. The maximum atomic E-state index is 12.7. The Morgan fingerprint density at radius 2 is 1.85 bits per heavy atom. The van der Waals surface area contributed by atoms with E-state index in [1.165, 1.54) is 0 Å². The van der Waals surface area contributed by atoms with E-state index < -0.39 is 21.7 Å². The van der Waals surface area contributed by atoms with Crippen LogP contribution in [-0.2, 0) is 26.9 Å². The second-order valence-electron chi connectivity index (χ2n) is 6.60. The maximum Gasteiger partial charge on any atom is 0.310 e. The lowest BCUT2D eigenvalue weighted by atomic mass is 10.0. The van der Waals surface area contributed by atoms with Gasteiger partial charge in [0.05, 0.1) is 18.2 Å². The molecule has 1 heterocycles. The second-order valence-corrected chi connectivity index (χ2v) is 8.74. The van der Waals surface area contributed by atoms with E-state index in [-0.39, 0.29) is 11.7 Å². The van der Waals surface area contributed by atoms with Gasteiger partial charge in [-0.2, -0.15) is 0 Å². The van der Waals surface area contributed by atoms with Gasteiger partial charge in [0.25, 0.3) is 5.91 Å². The molecule has 2 aromatic rings. The van der Waals surface area contributed by atoms with Crippen molar-refractivity contribution in [3.63, 3.8) is 0 Å². The summed E-state index contributed by atoms with van der Waals surface area (Å²) in [6.45, 7) is 2.01. The number of hydrogen-bond donors (Lipinski definition) is 1. The molecular formula is C19H19NO5S. The third-order valence-corrected chi connectivity index (χ3v) is 5.34. The first kappa shape index (κ1) is 18.1. The monoisotopic (exact) mass is 373 g/mol. The lowest BCUT2D eigenvalue weighted by Gasteiger charge is -2.16. The van der Waals surface area contributed by atoms with Crippen molar-refractivity contribution in [3.8, 4) is 0 Å². The highest BCUT2D eigenvalue weighted by Crippen LogP contribution is 2.30. The number of fused-ring (bicyclic) bond motifs is 1. The van der Waals surface area contributed by atoms with Crippen molar-refractivity contribution in [2.75, 3.05) is 11.2 Å². The van der Waals surface area contributed by atoms with Crippen LogP contribution >= 0.6 is 0 Å². The molecule has 1 unspecified atom stereocenters. The smallest absolute Gasteiger partial charge is 0.310 e. The van der Waals surface area contributed by atoms with E-state index in [1.54, 1.807) is 54.3 Å². The van der Waals surface area contributed by atoms with Gasteiger partial charge < -0.3 is 10.0 Å². The fourth-order valence-corrected chi connectivity index (χ4v) is 3.82. The Morgan fingerprint density at radius 3 is 2.42 bits per heavy atom. The number of anilines is 1. The highest BCUT2D eigenvalue weighted by Gasteiger charge is 2.29. The zero-order valence-corrected chi connectivity index (χ0v) is 15.3. The van der Waals surface area contributed by atoms with Gasteiger partial charge in [0.15, 0.2) is 9.84 Å². The molecule has 1 N–H and O–H groups in total. The second kappa shape index (κ2) is 6.57. The molecule has 0 aliphatic carbocycles. The number of carboxylic acid groups (broad SMARTS) is 1. The van der Waals surface area contributed by atoms with Gasteiger partial charge in [-0.15, -0.1) is 0 Å². The number of carbonyl (C=O) groups is 2. The van der Waals surface area contributed by atoms with Gasteiger partial charge in [-0.1, -0.05) is 24.3 Å². The molecule has 1 aliphatic heterocycles. The highest BCUT2D eigenvalue weighted by atomic mass is 32.2. The van der Waals surface area contributed by atoms with Crippen molar-refractivity contribution < 1.29 is 23.1 Å². The summed E-state index contributed by atoms with van der Waals surface area (Å²) >= 11 is 0. The molecule has 0 spiro atoms. The average Bonchev–Trinajstić information content (AvgIpc) is 2.89. The lowest BCUT2D eigenvalue weighted by molar-refractivity contribution is -0.138. The van der Waals surface area contributed by atoms with Crippen molar-refractivity contribution in [3.05, 3.63) is 64.7 Å². The number of benzene rings is 2. The summed E-state index contributed by atoms with van der Waals surface area (Å²) in [4.78, 5) is 25.4. The fourth-order valence-electron chi connectivity index (χ4n) is 3.03. The van der Waals surface area contributed by atoms with Crippen LogP contribution in [-0.4, -0.2) is 31.7 Å². The summed E-state index contributed by atoms with van der Waals surface area (Å²) in [7, 11) is -3.17.